The van der Waals surface area contributed by atoms with Crippen molar-refractivity contribution in [3.8, 4) is 0 Å². The highest BCUT2D eigenvalue weighted by Crippen LogP contribution is 2.44. The molecule has 5 heteroatoms. The Labute approximate surface area is 143 Å². The number of pyridine rings is 1. The lowest BCUT2D eigenvalue weighted by Gasteiger charge is -2.37. The number of esters is 1. The van der Waals surface area contributed by atoms with E-state index in [1.807, 2.05) is 26.0 Å². The highest BCUT2D eigenvalue weighted by atomic mass is 16.6. The fourth-order valence-corrected chi connectivity index (χ4v) is 4.20. The quantitative estimate of drug-likeness (QED) is 0.800. The van der Waals surface area contributed by atoms with Gasteiger partial charge in [-0.05, 0) is 57.2 Å². The fourth-order valence-electron chi connectivity index (χ4n) is 4.20. The first-order chi connectivity index (χ1) is 11.4. The summed E-state index contributed by atoms with van der Waals surface area (Å²) < 4.78 is 5.66. The number of aromatic nitrogens is 1. The van der Waals surface area contributed by atoms with Gasteiger partial charge in [-0.15, -0.1) is 0 Å². The van der Waals surface area contributed by atoms with Gasteiger partial charge < -0.3 is 9.64 Å². The van der Waals surface area contributed by atoms with Crippen LogP contribution in [0, 0.1) is 19.8 Å². The van der Waals surface area contributed by atoms with E-state index < -0.39 is 5.60 Å². The van der Waals surface area contributed by atoms with Crippen molar-refractivity contribution >= 4 is 11.9 Å². The Bertz CT molecular complexity index is 630. The van der Waals surface area contributed by atoms with E-state index in [-0.39, 0.29) is 24.2 Å². The minimum absolute atomic E-state index is 0.00343. The molecule has 2 aliphatic rings. The number of hydrogen-bond acceptors (Lipinski definition) is 4. The summed E-state index contributed by atoms with van der Waals surface area (Å²) in [4.78, 5) is 31.1. The Hall–Kier alpha value is -1.91. The van der Waals surface area contributed by atoms with E-state index in [2.05, 4.69) is 4.98 Å². The fraction of sp³-hybridized carbons (Fsp3) is 0.632. The molecular formula is C19H26N2O3. The Kier molecular flexibility index (Phi) is 4.61. The third-order valence-corrected chi connectivity index (χ3v) is 5.25. The summed E-state index contributed by atoms with van der Waals surface area (Å²) in [7, 11) is 1.79. The van der Waals surface area contributed by atoms with Crippen LogP contribution in [-0.2, 0) is 20.9 Å². The van der Waals surface area contributed by atoms with Crippen LogP contribution < -0.4 is 0 Å². The molecule has 1 amide bonds. The molecule has 1 saturated carbocycles. The van der Waals surface area contributed by atoms with Crippen LogP contribution in [-0.4, -0.2) is 34.4 Å². The van der Waals surface area contributed by atoms with E-state index in [1.165, 1.54) is 0 Å². The number of ether oxygens (including phenoxy) is 1. The molecule has 2 heterocycles. The summed E-state index contributed by atoms with van der Waals surface area (Å²) in [6.45, 7) is 4.45. The molecular weight excluding hydrogens is 304 g/mol. The van der Waals surface area contributed by atoms with E-state index in [0.717, 1.165) is 49.1 Å². The summed E-state index contributed by atoms with van der Waals surface area (Å²) in [5.41, 5.74) is 2.41. The van der Waals surface area contributed by atoms with Gasteiger partial charge in [0, 0.05) is 12.7 Å². The topological polar surface area (TPSA) is 59.5 Å². The highest BCUT2D eigenvalue weighted by Gasteiger charge is 2.53. The number of aryl methyl sites for hydroxylation is 2. The van der Waals surface area contributed by atoms with Crippen LogP contribution in [0.25, 0.3) is 0 Å². The number of rotatable bonds is 3. The number of carbonyl (C=O) groups is 2. The lowest BCUT2D eigenvalue weighted by Crippen LogP contribution is -2.46. The number of carbonyl (C=O) groups excluding carboxylic acids is 2. The van der Waals surface area contributed by atoms with Gasteiger partial charge in [-0.3, -0.25) is 14.6 Å². The van der Waals surface area contributed by atoms with E-state index >= 15 is 0 Å². The molecule has 2 fully saturated rings. The zero-order valence-electron chi connectivity index (χ0n) is 14.8. The van der Waals surface area contributed by atoms with E-state index in [0.29, 0.717) is 6.54 Å². The monoisotopic (exact) mass is 330 g/mol. The molecule has 3 rings (SSSR count). The summed E-state index contributed by atoms with van der Waals surface area (Å²) in [5.74, 6) is -0.571. The van der Waals surface area contributed by atoms with Crippen LogP contribution in [0.15, 0.2) is 12.1 Å². The van der Waals surface area contributed by atoms with E-state index in [9.17, 15) is 9.59 Å². The van der Waals surface area contributed by atoms with Crippen molar-refractivity contribution in [2.24, 2.45) is 5.92 Å². The molecule has 1 aromatic heterocycles. The maximum atomic E-state index is 13.0. The summed E-state index contributed by atoms with van der Waals surface area (Å²) >= 11 is 0. The molecule has 0 aromatic carbocycles. The molecule has 0 N–H and O–H groups in total. The standard InChI is InChI=1S/C19H26N2O3/c1-13-9-14(2)20-15(10-13)12-21(3)18(23)16-11-17(22)24-19(16)7-5-4-6-8-19/h9-10,16H,4-8,11-12H2,1-3H3/t16-/m1/s1. The molecule has 0 radical (unpaired) electrons. The molecule has 0 unspecified atom stereocenters. The molecule has 1 atom stereocenters. The van der Waals surface area contributed by atoms with Gasteiger partial charge in [0.05, 0.1) is 24.6 Å². The largest absolute Gasteiger partial charge is 0.458 e. The van der Waals surface area contributed by atoms with Gasteiger partial charge in [0.15, 0.2) is 0 Å². The van der Waals surface area contributed by atoms with Crippen molar-refractivity contribution in [1.82, 2.24) is 9.88 Å². The molecule has 5 nitrogen and oxygen atoms in total. The molecule has 1 aliphatic carbocycles. The first-order valence-electron chi connectivity index (χ1n) is 8.81. The average molecular weight is 330 g/mol. The molecule has 1 spiro atoms. The van der Waals surface area contributed by atoms with Crippen LogP contribution in [0.3, 0.4) is 0 Å². The van der Waals surface area contributed by atoms with E-state index in [1.54, 1.807) is 11.9 Å². The first kappa shape index (κ1) is 16.9. The van der Waals surface area contributed by atoms with Crippen molar-refractivity contribution in [2.75, 3.05) is 7.05 Å². The van der Waals surface area contributed by atoms with E-state index in [4.69, 9.17) is 4.74 Å². The van der Waals surface area contributed by atoms with Crippen molar-refractivity contribution in [2.45, 2.75) is 64.5 Å². The summed E-state index contributed by atoms with van der Waals surface area (Å²) in [5, 5.41) is 0. The molecule has 1 aromatic rings. The third kappa shape index (κ3) is 3.30. The molecule has 24 heavy (non-hydrogen) atoms. The Morgan fingerprint density at radius 1 is 1.29 bits per heavy atom. The SMILES string of the molecule is Cc1cc(C)nc(CN(C)C(=O)[C@H]2CC(=O)OC23CCCCC3)c1. The van der Waals surface area contributed by atoms with Crippen LogP contribution in [0.5, 0.6) is 0 Å². The molecule has 1 aliphatic heterocycles. The predicted octanol–water partition coefficient (Wildman–Crippen LogP) is 2.92. The molecule has 1 saturated heterocycles. The maximum absolute atomic E-state index is 13.0. The number of nitrogens with zero attached hydrogens (tertiary/aromatic N) is 2. The van der Waals surface area contributed by atoms with Gasteiger partial charge in [-0.1, -0.05) is 6.42 Å². The van der Waals surface area contributed by atoms with Gasteiger partial charge in [0.1, 0.15) is 5.60 Å². The maximum Gasteiger partial charge on any atom is 0.307 e. The predicted molar refractivity (Wildman–Crippen MR) is 90.2 cm³/mol. The molecule has 130 valence electrons. The lowest BCUT2D eigenvalue weighted by atomic mass is 9.75. The Morgan fingerprint density at radius 3 is 2.67 bits per heavy atom. The average Bonchev–Trinajstić information content (AvgIpc) is 2.82. The first-order valence-corrected chi connectivity index (χ1v) is 8.81. The van der Waals surface area contributed by atoms with Gasteiger partial charge in [0.25, 0.3) is 0 Å². The van der Waals surface area contributed by atoms with Crippen LogP contribution >= 0.6 is 0 Å². The van der Waals surface area contributed by atoms with Gasteiger partial charge in [-0.2, -0.15) is 0 Å². The normalized spacial score (nSPS) is 22.5. The lowest BCUT2D eigenvalue weighted by molar-refractivity contribution is -0.155. The van der Waals surface area contributed by atoms with Crippen molar-refractivity contribution in [1.29, 1.82) is 0 Å². The van der Waals surface area contributed by atoms with Crippen molar-refractivity contribution < 1.29 is 14.3 Å². The van der Waals surface area contributed by atoms with Gasteiger partial charge in [-0.25, -0.2) is 0 Å². The van der Waals surface area contributed by atoms with Gasteiger partial charge >= 0.3 is 5.97 Å². The van der Waals surface area contributed by atoms with Crippen LogP contribution in [0.4, 0.5) is 0 Å². The Balaban J connectivity index is 1.75. The van der Waals surface area contributed by atoms with Gasteiger partial charge in [0.2, 0.25) is 5.91 Å². The number of amides is 1. The minimum atomic E-state index is -0.559. The second-order valence-corrected chi connectivity index (χ2v) is 7.33. The zero-order chi connectivity index (χ0) is 17.3. The molecule has 0 bridgehead atoms. The number of hydrogen-bond donors (Lipinski definition) is 0. The summed E-state index contributed by atoms with van der Waals surface area (Å²) in [6, 6.07) is 4.02. The third-order valence-electron chi connectivity index (χ3n) is 5.25. The second kappa shape index (κ2) is 6.54. The van der Waals surface area contributed by atoms with Crippen molar-refractivity contribution in [3.63, 3.8) is 0 Å². The Morgan fingerprint density at radius 2 is 2.00 bits per heavy atom. The zero-order valence-corrected chi connectivity index (χ0v) is 14.8. The second-order valence-electron chi connectivity index (χ2n) is 7.33. The van der Waals surface area contributed by atoms with Crippen molar-refractivity contribution in [3.05, 3.63) is 29.1 Å². The smallest absolute Gasteiger partial charge is 0.307 e. The van der Waals surface area contributed by atoms with Crippen LogP contribution in [0.1, 0.15) is 55.5 Å². The summed E-state index contributed by atoms with van der Waals surface area (Å²) in [6.07, 6.45) is 5.04. The van der Waals surface area contributed by atoms with Crippen LogP contribution in [0.2, 0.25) is 0 Å². The highest BCUT2D eigenvalue weighted by molar-refractivity contribution is 5.87. The minimum Gasteiger partial charge on any atom is -0.458 e.